The molecule has 0 radical (unpaired) electrons. The van der Waals surface area contributed by atoms with Gasteiger partial charge in [0.1, 0.15) is 0 Å². The molecule has 0 atom stereocenters. The first kappa shape index (κ1) is 14.9. The van der Waals surface area contributed by atoms with E-state index in [1.165, 1.54) is 31.2 Å². The highest BCUT2D eigenvalue weighted by atomic mass is 32.2. The Morgan fingerprint density at radius 2 is 1.79 bits per heavy atom. The van der Waals surface area contributed by atoms with E-state index in [9.17, 15) is 0 Å². The topological polar surface area (TPSA) is 24.1 Å². The summed E-state index contributed by atoms with van der Waals surface area (Å²) in [6.45, 7) is 3.39. The van der Waals surface area contributed by atoms with Crippen LogP contribution >= 0.6 is 12.1 Å². The third-order valence-electron chi connectivity index (χ3n) is 4.16. The Labute approximate surface area is 122 Å². The number of rotatable bonds is 6. The fraction of sp³-hybridized carbons (Fsp3) is 0.625. The Morgan fingerprint density at radius 1 is 1.11 bits per heavy atom. The standard InChI is InChI=1S/C16H26N2S/c1-13-3-7-15(8-4-13)16-9-5-14(6-10-16)11-12-18-19-17-2/h5-6,9-10,13,15,17-18H,3-4,7-8,11-12H2,1-2H3. The van der Waals surface area contributed by atoms with Crippen LogP contribution in [0.1, 0.15) is 49.7 Å². The fourth-order valence-corrected chi connectivity index (χ4v) is 3.22. The molecule has 106 valence electrons. The highest BCUT2D eigenvalue weighted by Crippen LogP contribution is 2.35. The van der Waals surface area contributed by atoms with Gasteiger partial charge in [-0.3, -0.25) is 9.44 Å². The minimum absolute atomic E-state index is 0.809. The maximum Gasteiger partial charge on any atom is 0.0111 e. The third-order valence-corrected chi connectivity index (χ3v) is 4.71. The Bertz CT molecular complexity index is 356. The van der Waals surface area contributed by atoms with Crippen molar-refractivity contribution in [1.82, 2.24) is 9.44 Å². The Balaban J connectivity index is 1.81. The second-order valence-corrected chi connectivity index (χ2v) is 6.55. The lowest BCUT2D eigenvalue weighted by molar-refractivity contribution is 0.348. The largest absolute Gasteiger partial charge is 0.254 e. The van der Waals surface area contributed by atoms with Crippen LogP contribution in [0.5, 0.6) is 0 Å². The molecule has 0 spiro atoms. The lowest BCUT2D eigenvalue weighted by atomic mass is 9.79. The fourth-order valence-electron chi connectivity index (χ4n) is 2.87. The van der Waals surface area contributed by atoms with Crippen molar-refractivity contribution in [1.29, 1.82) is 0 Å². The van der Waals surface area contributed by atoms with Gasteiger partial charge in [0, 0.05) is 18.7 Å². The first-order chi connectivity index (χ1) is 9.29. The van der Waals surface area contributed by atoms with Gasteiger partial charge in [0.05, 0.1) is 0 Å². The van der Waals surface area contributed by atoms with Crippen LogP contribution in [0.3, 0.4) is 0 Å². The molecule has 19 heavy (non-hydrogen) atoms. The first-order valence-corrected chi connectivity index (χ1v) is 8.25. The van der Waals surface area contributed by atoms with E-state index in [2.05, 4.69) is 40.6 Å². The summed E-state index contributed by atoms with van der Waals surface area (Å²) in [5.41, 5.74) is 2.98. The smallest absolute Gasteiger partial charge is 0.0111 e. The molecule has 1 saturated carbocycles. The van der Waals surface area contributed by atoms with Crippen LogP contribution in [0.15, 0.2) is 24.3 Å². The summed E-state index contributed by atoms with van der Waals surface area (Å²) in [6, 6.07) is 9.31. The minimum atomic E-state index is 0.809. The van der Waals surface area contributed by atoms with E-state index in [1.807, 2.05) is 7.05 Å². The van der Waals surface area contributed by atoms with Crippen LogP contribution in [0.4, 0.5) is 0 Å². The average molecular weight is 278 g/mol. The van der Waals surface area contributed by atoms with E-state index in [0.29, 0.717) is 0 Å². The van der Waals surface area contributed by atoms with Crippen molar-refractivity contribution in [2.45, 2.75) is 44.9 Å². The van der Waals surface area contributed by atoms with E-state index < -0.39 is 0 Å². The molecule has 1 aliphatic rings. The molecule has 0 aromatic heterocycles. The second kappa shape index (κ2) is 7.93. The summed E-state index contributed by atoms with van der Waals surface area (Å²) in [5, 5.41) is 0. The summed E-state index contributed by atoms with van der Waals surface area (Å²) in [7, 11) is 1.93. The zero-order valence-corrected chi connectivity index (χ0v) is 12.9. The predicted octanol–water partition coefficient (Wildman–Crippen LogP) is 3.90. The zero-order chi connectivity index (χ0) is 13.5. The highest BCUT2D eigenvalue weighted by Gasteiger charge is 2.19. The lowest BCUT2D eigenvalue weighted by Crippen LogP contribution is -2.13. The summed E-state index contributed by atoms with van der Waals surface area (Å²) < 4.78 is 6.29. The summed E-state index contributed by atoms with van der Waals surface area (Å²) in [5.74, 6) is 1.74. The van der Waals surface area contributed by atoms with Crippen LogP contribution in [0.2, 0.25) is 0 Å². The molecule has 1 aromatic rings. The SMILES string of the molecule is CNSNCCc1ccc(C2CCC(C)CC2)cc1. The third kappa shape index (κ3) is 4.83. The molecule has 1 aromatic carbocycles. The summed E-state index contributed by atoms with van der Waals surface area (Å²) in [6.07, 6.45) is 6.65. The van der Waals surface area contributed by atoms with Gasteiger partial charge in [0.15, 0.2) is 0 Å². The summed E-state index contributed by atoms with van der Waals surface area (Å²) >= 11 is 1.55. The van der Waals surface area contributed by atoms with Gasteiger partial charge in [-0.2, -0.15) is 0 Å². The normalized spacial score (nSPS) is 23.5. The van der Waals surface area contributed by atoms with Gasteiger partial charge in [0.25, 0.3) is 0 Å². The van der Waals surface area contributed by atoms with Gasteiger partial charge in [0.2, 0.25) is 0 Å². The molecule has 0 unspecified atom stereocenters. The van der Waals surface area contributed by atoms with Crippen LogP contribution in [-0.4, -0.2) is 13.6 Å². The van der Waals surface area contributed by atoms with Crippen LogP contribution < -0.4 is 9.44 Å². The number of hydrogen-bond donors (Lipinski definition) is 2. The molecule has 0 amide bonds. The van der Waals surface area contributed by atoms with Gasteiger partial charge in [-0.15, -0.1) is 0 Å². The molecule has 0 bridgehead atoms. The second-order valence-electron chi connectivity index (χ2n) is 5.65. The van der Waals surface area contributed by atoms with Crippen molar-refractivity contribution >= 4 is 12.1 Å². The van der Waals surface area contributed by atoms with Crippen molar-refractivity contribution in [3.8, 4) is 0 Å². The number of benzene rings is 1. The van der Waals surface area contributed by atoms with Gasteiger partial charge in [-0.1, -0.05) is 44.0 Å². The van der Waals surface area contributed by atoms with Crippen molar-refractivity contribution < 1.29 is 0 Å². The van der Waals surface area contributed by atoms with E-state index in [1.54, 1.807) is 17.7 Å². The van der Waals surface area contributed by atoms with Gasteiger partial charge < -0.3 is 0 Å². The van der Waals surface area contributed by atoms with Crippen LogP contribution in [0, 0.1) is 5.92 Å². The van der Waals surface area contributed by atoms with Crippen molar-refractivity contribution in [2.24, 2.45) is 5.92 Å². The molecule has 1 fully saturated rings. The van der Waals surface area contributed by atoms with Crippen molar-refractivity contribution in [3.63, 3.8) is 0 Å². The quantitative estimate of drug-likeness (QED) is 0.610. The Morgan fingerprint density at radius 3 is 2.42 bits per heavy atom. The van der Waals surface area contributed by atoms with E-state index in [-0.39, 0.29) is 0 Å². The van der Waals surface area contributed by atoms with Crippen molar-refractivity contribution in [2.75, 3.05) is 13.6 Å². The van der Waals surface area contributed by atoms with E-state index in [0.717, 1.165) is 24.8 Å². The lowest BCUT2D eigenvalue weighted by Gasteiger charge is -2.26. The Kier molecular flexibility index (Phi) is 6.21. The van der Waals surface area contributed by atoms with E-state index in [4.69, 9.17) is 0 Å². The molecule has 0 aliphatic heterocycles. The van der Waals surface area contributed by atoms with Crippen LogP contribution in [-0.2, 0) is 6.42 Å². The van der Waals surface area contributed by atoms with E-state index >= 15 is 0 Å². The predicted molar refractivity (Wildman–Crippen MR) is 85.2 cm³/mol. The molecule has 1 aliphatic carbocycles. The molecule has 2 nitrogen and oxygen atoms in total. The molecular formula is C16H26N2S. The summed E-state index contributed by atoms with van der Waals surface area (Å²) in [4.78, 5) is 0. The molecule has 0 heterocycles. The molecule has 3 heteroatoms. The van der Waals surface area contributed by atoms with Gasteiger partial charge >= 0.3 is 0 Å². The van der Waals surface area contributed by atoms with Crippen molar-refractivity contribution in [3.05, 3.63) is 35.4 Å². The molecular weight excluding hydrogens is 252 g/mol. The molecule has 2 N–H and O–H groups in total. The molecule has 0 saturated heterocycles. The Hall–Kier alpha value is -0.510. The van der Waals surface area contributed by atoms with Crippen LogP contribution in [0.25, 0.3) is 0 Å². The number of hydrogen-bond acceptors (Lipinski definition) is 3. The maximum atomic E-state index is 3.27. The number of nitrogens with one attached hydrogen (secondary N) is 2. The van der Waals surface area contributed by atoms with Gasteiger partial charge in [-0.25, -0.2) is 0 Å². The maximum absolute atomic E-state index is 3.27. The highest BCUT2D eigenvalue weighted by molar-refractivity contribution is 7.95. The van der Waals surface area contributed by atoms with Gasteiger partial charge in [-0.05, 0) is 49.3 Å². The monoisotopic (exact) mass is 278 g/mol. The zero-order valence-electron chi connectivity index (χ0n) is 12.1. The first-order valence-electron chi connectivity index (χ1n) is 7.44. The average Bonchev–Trinajstić information content (AvgIpc) is 2.45. The molecule has 2 rings (SSSR count). The minimum Gasteiger partial charge on any atom is -0.254 e.